The number of rotatable bonds is 7. The molecule has 1 aliphatic rings. The van der Waals surface area contributed by atoms with E-state index in [1.807, 2.05) is 30.3 Å². The average molecular weight is 462 g/mol. The van der Waals surface area contributed by atoms with Gasteiger partial charge in [0.2, 0.25) is 15.9 Å². The average Bonchev–Trinajstić information content (AvgIpc) is 3.20. The second-order valence-electron chi connectivity index (χ2n) is 7.20. The van der Waals surface area contributed by atoms with Gasteiger partial charge in [-0.3, -0.25) is 4.79 Å². The minimum atomic E-state index is -3.43. The van der Waals surface area contributed by atoms with Crippen molar-refractivity contribution in [1.82, 2.24) is 14.6 Å². The van der Waals surface area contributed by atoms with Gasteiger partial charge >= 0.3 is 0 Å². The summed E-state index contributed by atoms with van der Waals surface area (Å²) in [4.78, 5) is 17.1. The first-order valence-corrected chi connectivity index (χ1v) is 13.1. The van der Waals surface area contributed by atoms with Crippen molar-refractivity contribution in [3.05, 3.63) is 54.6 Å². The number of carbonyl (C=O) groups is 1. The summed E-state index contributed by atoms with van der Waals surface area (Å²) in [6.07, 6.45) is 1.49. The molecule has 0 unspecified atom stereocenters. The van der Waals surface area contributed by atoms with E-state index < -0.39 is 10.0 Å². The molecule has 1 N–H and O–H groups in total. The van der Waals surface area contributed by atoms with Crippen LogP contribution in [-0.2, 0) is 14.8 Å². The Hall–Kier alpha value is -1.94. The summed E-state index contributed by atoms with van der Waals surface area (Å²) >= 11 is 3.05. The maximum atomic E-state index is 12.7. The molecule has 4 rings (SSSR count). The maximum absolute atomic E-state index is 12.7. The van der Waals surface area contributed by atoms with Gasteiger partial charge in [0, 0.05) is 19.6 Å². The van der Waals surface area contributed by atoms with Crippen molar-refractivity contribution in [2.75, 3.05) is 25.4 Å². The number of hydrogen-bond acceptors (Lipinski definition) is 6. The Morgan fingerprint density at radius 1 is 1.10 bits per heavy atom. The van der Waals surface area contributed by atoms with Crippen molar-refractivity contribution in [3.8, 4) is 0 Å². The molecule has 158 valence electrons. The number of nitrogens with zero attached hydrogens (tertiary/aromatic N) is 2. The van der Waals surface area contributed by atoms with Gasteiger partial charge in [-0.25, -0.2) is 13.4 Å². The van der Waals surface area contributed by atoms with E-state index in [-0.39, 0.29) is 5.91 Å². The molecule has 0 spiro atoms. The van der Waals surface area contributed by atoms with Gasteiger partial charge in [0.1, 0.15) is 0 Å². The van der Waals surface area contributed by atoms with E-state index in [0.29, 0.717) is 36.2 Å². The van der Waals surface area contributed by atoms with Gasteiger partial charge in [-0.05, 0) is 43.0 Å². The summed E-state index contributed by atoms with van der Waals surface area (Å²) in [6.45, 7) is 1.55. The molecule has 1 amide bonds. The van der Waals surface area contributed by atoms with Gasteiger partial charge in [0.15, 0.2) is 4.34 Å². The van der Waals surface area contributed by atoms with Crippen LogP contribution in [0.15, 0.2) is 63.8 Å². The fourth-order valence-corrected chi connectivity index (χ4v) is 6.83. The minimum Gasteiger partial charge on any atom is -0.355 e. The van der Waals surface area contributed by atoms with Crippen molar-refractivity contribution < 1.29 is 13.2 Å². The Morgan fingerprint density at radius 3 is 2.53 bits per heavy atom. The van der Waals surface area contributed by atoms with Crippen LogP contribution in [0.25, 0.3) is 10.2 Å². The highest BCUT2D eigenvalue weighted by Gasteiger charge is 2.29. The van der Waals surface area contributed by atoms with E-state index in [1.54, 1.807) is 39.9 Å². The second kappa shape index (κ2) is 9.47. The zero-order valence-corrected chi connectivity index (χ0v) is 18.8. The van der Waals surface area contributed by atoms with E-state index >= 15 is 0 Å². The lowest BCUT2D eigenvalue weighted by Gasteiger charge is -2.31. The van der Waals surface area contributed by atoms with Crippen LogP contribution in [0.1, 0.15) is 12.8 Å². The van der Waals surface area contributed by atoms with Crippen LogP contribution in [0.4, 0.5) is 0 Å². The number of carbonyl (C=O) groups excluding carboxylic acids is 1. The van der Waals surface area contributed by atoms with E-state index in [2.05, 4.69) is 10.3 Å². The fourth-order valence-electron chi connectivity index (χ4n) is 3.44. The number of benzene rings is 2. The van der Waals surface area contributed by atoms with Crippen LogP contribution in [0, 0.1) is 5.92 Å². The highest BCUT2D eigenvalue weighted by atomic mass is 32.2. The zero-order valence-electron chi connectivity index (χ0n) is 16.4. The molecule has 9 heteroatoms. The van der Waals surface area contributed by atoms with Crippen LogP contribution in [0.5, 0.6) is 0 Å². The molecule has 0 bridgehead atoms. The number of piperidine rings is 1. The van der Waals surface area contributed by atoms with Crippen molar-refractivity contribution in [3.63, 3.8) is 0 Å². The molecule has 0 aliphatic carbocycles. The number of amides is 1. The van der Waals surface area contributed by atoms with Gasteiger partial charge in [-0.1, -0.05) is 42.1 Å². The lowest BCUT2D eigenvalue weighted by molar-refractivity contribution is -0.118. The third-order valence-electron chi connectivity index (χ3n) is 5.14. The van der Waals surface area contributed by atoms with Crippen molar-refractivity contribution in [1.29, 1.82) is 0 Å². The predicted octanol–water partition coefficient (Wildman–Crippen LogP) is 3.61. The summed E-state index contributed by atoms with van der Waals surface area (Å²) in [6, 6.07) is 16.5. The van der Waals surface area contributed by atoms with Crippen LogP contribution < -0.4 is 5.32 Å². The summed E-state index contributed by atoms with van der Waals surface area (Å²) in [5, 5.41) is 2.99. The highest BCUT2D eigenvalue weighted by Crippen LogP contribution is 2.29. The summed E-state index contributed by atoms with van der Waals surface area (Å²) in [7, 11) is -3.43. The molecule has 0 atom stereocenters. The minimum absolute atomic E-state index is 0.0152. The normalized spacial score (nSPS) is 16.0. The monoisotopic (exact) mass is 461 g/mol. The van der Waals surface area contributed by atoms with E-state index in [9.17, 15) is 13.2 Å². The molecule has 30 heavy (non-hydrogen) atoms. The van der Waals surface area contributed by atoms with Gasteiger partial charge in [-0.2, -0.15) is 4.31 Å². The largest absolute Gasteiger partial charge is 0.355 e. The third kappa shape index (κ3) is 5.03. The molecule has 1 saturated heterocycles. The molecular weight excluding hydrogens is 438 g/mol. The van der Waals surface area contributed by atoms with E-state index in [0.717, 1.165) is 27.4 Å². The molecule has 0 radical (unpaired) electrons. The second-order valence-corrected chi connectivity index (χ2v) is 11.4. The van der Waals surface area contributed by atoms with Crippen LogP contribution >= 0.6 is 23.1 Å². The van der Waals surface area contributed by atoms with Crippen molar-refractivity contribution in [2.24, 2.45) is 5.92 Å². The topological polar surface area (TPSA) is 79.4 Å². The molecule has 1 aliphatic heterocycles. The third-order valence-corrected chi connectivity index (χ3v) is 9.24. The molecular formula is C21H23N3O3S3. The summed E-state index contributed by atoms with van der Waals surface area (Å²) in [5.74, 6) is 0.614. The quantitative estimate of drug-likeness (QED) is 0.544. The zero-order chi connectivity index (χ0) is 21.0. The number of hydrogen-bond donors (Lipinski definition) is 1. The Labute approximate surface area is 184 Å². The lowest BCUT2D eigenvalue weighted by Crippen LogP contribution is -2.41. The van der Waals surface area contributed by atoms with Crippen molar-refractivity contribution >= 4 is 49.2 Å². The van der Waals surface area contributed by atoms with Gasteiger partial charge in [-0.15, -0.1) is 11.3 Å². The molecule has 6 nitrogen and oxygen atoms in total. The first-order chi connectivity index (χ1) is 14.5. The molecule has 2 heterocycles. The van der Waals surface area contributed by atoms with Crippen LogP contribution in [0.3, 0.4) is 0 Å². The number of nitrogens with one attached hydrogen (secondary N) is 1. The van der Waals surface area contributed by atoms with Crippen LogP contribution in [0.2, 0.25) is 0 Å². The maximum Gasteiger partial charge on any atom is 0.243 e. The van der Waals surface area contributed by atoms with Gasteiger partial charge in [0.05, 0.1) is 20.9 Å². The molecule has 1 fully saturated rings. The fraction of sp³-hybridized carbons (Fsp3) is 0.333. The first-order valence-electron chi connectivity index (χ1n) is 9.82. The smallest absolute Gasteiger partial charge is 0.243 e. The molecule has 2 aromatic carbocycles. The number of sulfonamides is 1. The molecule has 0 saturated carbocycles. The number of fused-ring (bicyclic) bond motifs is 1. The molecule has 3 aromatic rings. The lowest BCUT2D eigenvalue weighted by atomic mass is 9.98. The Balaban J connectivity index is 1.21. The van der Waals surface area contributed by atoms with Gasteiger partial charge in [0.25, 0.3) is 0 Å². The van der Waals surface area contributed by atoms with Gasteiger partial charge < -0.3 is 5.32 Å². The first kappa shape index (κ1) is 21.3. The number of thiazole rings is 1. The Kier molecular flexibility index (Phi) is 6.72. The number of para-hydroxylation sites is 1. The SMILES string of the molecule is O=C(CSc1nc2ccccc2s1)NCC1CCN(S(=O)(=O)c2ccccc2)CC1. The number of aromatic nitrogens is 1. The predicted molar refractivity (Wildman–Crippen MR) is 121 cm³/mol. The Morgan fingerprint density at radius 2 is 1.80 bits per heavy atom. The van der Waals surface area contributed by atoms with Crippen LogP contribution in [-0.4, -0.2) is 49.0 Å². The highest BCUT2D eigenvalue weighted by molar-refractivity contribution is 8.01. The standard InChI is InChI=1S/C21H23N3O3S3/c25-20(15-28-21-23-18-8-4-5-9-19(18)29-21)22-14-16-10-12-24(13-11-16)30(26,27)17-6-2-1-3-7-17/h1-9,16H,10-15H2,(H,22,25). The Bertz CT molecular complexity index is 1070. The van der Waals surface area contributed by atoms with E-state index in [4.69, 9.17) is 0 Å². The number of thioether (sulfide) groups is 1. The van der Waals surface area contributed by atoms with E-state index in [1.165, 1.54) is 11.8 Å². The summed E-state index contributed by atoms with van der Waals surface area (Å²) in [5.41, 5.74) is 0.961. The molecule has 1 aromatic heterocycles. The van der Waals surface area contributed by atoms with Crippen molar-refractivity contribution in [2.45, 2.75) is 22.1 Å². The summed E-state index contributed by atoms with van der Waals surface area (Å²) < 4.78 is 28.9.